The molecule has 1 aromatic heterocycles. The Bertz CT molecular complexity index is 1070. The van der Waals surface area contributed by atoms with Gasteiger partial charge in [0.05, 0.1) is 24.2 Å². The van der Waals surface area contributed by atoms with E-state index in [4.69, 9.17) is 4.74 Å². The molecule has 1 amide bonds. The second-order valence-corrected chi connectivity index (χ2v) is 7.84. The normalized spacial score (nSPS) is 15.8. The van der Waals surface area contributed by atoms with Gasteiger partial charge < -0.3 is 14.6 Å². The Morgan fingerprint density at radius 2 is 1.81 bits per heavy atom. The summed E-state index contributed by atoms with van der Waals surface area (Å²) in [5.41, 5.74) is 1.51. The lowest BCUT2D eigenvalue weighted by Gasteiger charge is -2.28. The minimum absolute atomic E-state index is 0.0611. The number of imidazole rings is 1. The molecule has 6 nitrogen and oxygen atoms in total. The van der Waals surface area contributed by atoms with Gasteiger partial charge in [0.25, 0.3) is 0 Å². The molecule has 1 atom stereocenters. The van der Waals surface area contributed by atoms with Gasteiger partial charge in [0.2, 0.25) is 11.7 Å². The second-order valence-electron chi connectivity index (χ2n) is 7.84. The van der Waals surface area contributed by atoms with Gasteiger partial charge >= 0.3 is 6.18 Å². The van der Waals surface area contributed by atoms with E-state index in [0.717, 1.165) is 41.8 Å². The Hall–Kier alpha value is -3.07. The molecule has 0 aliphatic carbocycles. The lowest BCUT2D eigenvalue weighted by atomic mass is 10.1. The maximum atomic E-state index is 13.5. The molecule has 1 unspecified atom stereocenters. The number of halogens is 3. The van der Waals surface area contributed by atoms with Crippen LogP contribution in [0.25, 0.3) is 11.0 Å². The number of nitrogens with one attached hydrogen (secondary N) is 1. The van der Waals surface area contributed by atoms with Gasteiger partial charge in [0.15, 0.2) is 0 Å². The van der Waals surface area contributed by atoms with Crippen molar-refractivity contribution in [3.63, 3.8) is 0 Å². The molecule has 1 fully saturated rings. The number of para-hydroxylation sites is 2. The van der Waals surface area contributed by atoms with E-state index < -0.39 is 24.5 Å². The molecule has 0 radical (unpaired) electrons. The summed E-state index contributed by atoms with van der Waals surface area (Å²) < 4.78 is 46.7. The van der Waals surface area contributed by atoms with Crippen molar-refractivity contribution < 1.29 is 22.7 Å². The SMILES string of the molecule is COc1ccc(C(CNC(=O)Cn2c(C(F)(F)F)nc3ccccc32)N2CCCC2)cc1. The van der Waals surface area contributed by atoms with Crippen molar-refractivity contribution in [2.75, 3.05) is 26.7 Å². The molecule has 170 valence electrons. The number of nitrogens with zero attached hydrogens (tertiary/aromatic N) is 3. The molecule has 1 aliphatic heterocycles. The first-order valence-electron chi connectivity index (χ1n) is 10.5. The van der Waals surface area contributed by atoms with Gasteiger partial charge in [-0.25, -0.2) is 4.98 Å². The van der Waals surface area contributed by atoms with E-state index in [2.05, 4.69) is 15.2 Å². The van der Waals surface area contributed by atoms with E-state index in [1.54, 1.807) is 19.2 Å². The number of carbonyl (C=O) groups excluding carboxylic acids is 1. The van der Waals surface area contributed by atoms with Crippen LogP contribution in [-0.4, -0.2) is 47.1 Å². The summed E-state index contributed by atoms with van der Waals surface area (Å²) in [4.78, 5) is 18.7. The summed E-state index contributed by atoms with van der Waals surface area (Å²) >= 11 is 0. The van der Waals surface area contributed by atoms with Crippen LogP contribution in [0.3, 0.4) is 0 Å². The van der Waals surface area contributed by atoms with E-state index in [-0.39, 0.29) is 17.1 Å². The summed E-state index contributed by atoms with van der Waals surface area (Å²) in [6.45, 7) is 1.68. The number of likely N-dealkylation sites (tertiary alicyclic amines) is 1. The lowest BCUT2D eigenvalue weighted by Crippen LogP contribution is -2.38. The van der Waals surface area contributed by atoms with Crippen LogP contribution >= 0.6 is 0 Å². The Morgan fingerprint density at radius 1 is 1.12 bits per heavy atom. The van der Waals surface area contributed by atoms with Crippen LogP contribution in [0, 0.1) is 0 Å². The fourth-order valence-electron chi connectivity index (χ4n) is 4.20. The maximum Gasteiger partial charge on any atom is 0.449 e. The number of methoxy groups -OCH3 is 1. The Kier molecular flexibility index (Phi) is 6.36. The zero-order chi connectivity index (χ0) is 22.7. The van der Waals surface area contributed by atoms with E-state index in [1.165, 1.54) is 12.1 Å². The molecule has 3 aromatic rings. The third-order valence-electron chi connectivity index (χ3n) is 5.78. The first kappa shape index (κ1) is 22.1. The molecule has 1 saturated heterocycles. The van der Waals surface area contributed by atoms with Crippen LogP contribution < -0.4 is 10.1 Å². The van der Waals surface area contributed by atoms with Crippen LogP contribution in [0.2, 0.25) is 0 Å². The predicted molar refractivity (Wildman–Crippen MR) is 114 cm³/mol. The number of amides is 1. The quantitative estimate of drug-likeness (QED) is 0.596. The molecule has 1 aliphatic rings. The number of carbonyl (C=O) groups is 1. The molecule has 2 heterocycles. The summed E-state index contributed by atoms with van der Waals surface area (Å²) in [5.74, 6) is -0.818. The average Bonchev–Trinajstić information content (AvgIpc) is 3.43. The fourth-order valence-corrected chi connectivity index (χ4v) is 4.20. The molecular formula is C23H25F3N4O2. The standard InChI is InChI=1S/C23H25F3N4O2/c1-32-17-10-8-16(9-11-17)20(29-12-4-5-13-29)14-27-21(31)15-30-19-7-3-2-6-18(19)28-22(30)23(24,25)26/h2-3,6-11,20H,4-5,12-15H2,1H3,(H,27,31). The van der Waals surface area contributed by atoms with Crippen LogP contribution in [0.4, 0.5) is 13.2 Å². The topological polar surface area (TPSA) is 59.4 Å². The molecule has 0 bridgehead atoms. The van der Waals surface area contributed by atoms with E-state index in [9.17, 15) is 18.0 Å². The first-order valence-corrected chi connectivity index (χ1v) is 10.5. The largest absolute Gasteiger partial charge is 0.497 e. The minimum Gasteiger partial charge on any atom is -0.497 e. The number of benzene rings is 2. The number of fused-ring (bicyclic) bond motifs is 1. The molecule has 0 spiro atoms. The van der Waals surface area contributed by atoms with E-state index in [1.807, 2.05) is 24.3 Å². The summed E-state index contributed by atoms with van der Waals surface area (Å²) in [6.07, 6.45) is -2.49. The van der Waals surface area contributed by atoms with E-state index >= 15 is 0 Å². The van der Waals surface area contributed by atoms with Crippen LogP contribution in [0.1, 0.15) is 30.3 Å². The van der Waals surface area contributed by atoms with Gasteiger partial charge in [-0.3, -0.25) is 9.69 Å². The van der Waals surface area contributed by atoms with Gasteiger partial charge in [-0.15, -0.1) is 0 Å². The van der Waals surface area contributed by atoms with Crippen molar-refractivity contribution in [3.8, 4) is 5.75 Å². The molecular weight excluding hydrogens is 421 g/mol. The number of rotatable bonds is 7. The van der Waals surface area contributed by atoms with Gasteiger partial charge in [0, 0.05) is 6.54 Å². The predicted octanol–water partition coefficient (Wildman–Crippen LogP) is 4.02. The zero-order valence-corrected chi connectivity index (χ0v) is 17.7. The van der Waals surface area contributed by atoms with Crippen molar-refractivity contribution in [1.29, 1.82) is 0 Å². The van der Waals surface area contributed by atoms with Gasteiger partial charge in [-0.1, -0.05) is 24.3 Å². The number of hydrogen-bond acceptors (Lipinski definition) is 4. The third kappa shape index (κ3) is 4.72. The van der Waals surface area contributed by atoms with E-state index in [0.29, 0.717) is 6.54 Å². The highest BCUT2D eigenvalue weighted by Crippen LogP contribution is 2.31. The summed E-state index contributed by atoms with van der Waals surface area (Å²) in [7, 11) is 1.60. The second kappa shape index (κ2) is 9.20. The molecule has 1 N–H and O–H groups in total. The highest BCUT2D eigenvalue weighted by molar-refractivity contribution is 5.81. The molecule has 9 heteroatoms. The fraction of sp³-hybridized carbons (Fsp3) is 0.391. The minimum atomic E-state index is -4.65. The summed E-state index contributed by atoms with van der Waals surface area (Å²) in [5, 5.41) is 2.84. The van der Waals surface area contributed by atoms with Gasteiger partial charge in [-0.05, 0) is 55.8 Å². The molecule has 32 heavy (non-hydrogen) atoms. The zero-order valence-electron chi connectivity index (χ0n) is 17.7. The number of alkyl halides is 3. The number of hydrogen-bond donors (Lipinski definition) is 1. The number of aromatic nitrogens is 2. The van der Waals surface area contributed by atoms with Crippen LogP contribution in [-0.2, 0) is 17.5 Å². The highest BCUT2D eigenvalue weighted by Gasteiger charge is 2.38. The van der Waals surface area contributed by atoms with Crippen molar-refractivity contribution in [1.82, 2.24) is 19.8 Å². The first-order chi connectivity index (χ1) is 15.4. The molecule has 2 aromatic carbocycles. The molecule has 0 saturated carbocycles. The molecule has 4 rings (SSSR count). The van der Waals surface area contributed by atoms with Crippen molar-refractivity contribution in [3.05, 3.63) is 59.9 Å². The smallest absolute Gasteiger partial charge is 0.449 e. The highest BCUT2D eigenvalue weighted by atomic mass is 19.4. The Balaban J connectivity index is 1.51. The van der Waals surface area contributed by atoms with Crippen LogP contribution in [0.5, 0.6) is 5.75 Å². The van der Waals surface area contributed by atoms with Crippen molar-refractivity contribution in [2.24, 2.45) is 0 Å². The monoisotopic (exact) mass is 446 g/mol. The van der Waals surface area contributed by atoms with Crippen LogP contribution in [0.15, 0.2) is 48.5 Å². The lowest BCUT2D eigenvalue weighted by molar-refractivity contribution is -0.147. The van der Waals surface area contributed by atoms with Gasteiger partial charge in [0.1, 0.15) is 12.3 Å². The average molecular weight is 446 g/mol. The number of ether oxygens (including phenoxy) is 1. The summed E-state index contributed by atoms with van der Waals surface area (Å²) in [6, 6.07) is 13.9. The maximum absolute atomic E-state index is 13.5. The Labute approximate surface area is 184 Å². The third-order valence-corrected chi connectivity index (χ3v) is 5.78. The van der Waals surface area contributed by atoms with Crippen molar-refractivity contribution >= 4 is 16.9 Å². The van der Waals surface area contributed by atoms with Gasteiger partial charge in [-0.2, -0.15) is 13.2 Å². The van der Waals surface area contributed by atoms with Crippen molar-refractivity contribution in [2.45, 2.75) is 31.6 Å². The Morgan fingerprint density at radius 3 is 2.47 bits per heavy atom.